The Morgan fingerprint density at radius 1 is 1.25 bits per heavy atom. The Morgan fingerprint density at radius 2 is 2.05 bits per heavy atom. The summed E-state index contributed by atoms with van der Waals surface area (Å²) < 4.78 is 1.83. The van der Waals surface area contributed by atoms with E-state index < -0.39 is 0 Å². The van der Waals surface area contributed by atoms with Gasteiger partial charge >= 0.3 is 0 Å². The van der Waals surface area contributed by atoms with Gasteiger partial charge in [-0.05, 0) is 27.8 Å². The molecule has 0 aliphatic heterocycles. The van der Waals surface area contributed by atoms with Crippen LogP contribution in [0.1, 0.15) is 5.56 Å². The summed E-state index contributed by atoms with van der Waals surface area (Å²) in [5.41, 5.74) is 10.6. The number of hydrogen-bond donors (Lipinski definition) is 0. The molecular formula is C12H8ClN7. The van der Waals surface area contributed by atoms with Crippen molar-refractivity contribution in [3.63, 3.8) is 0 Å². The molecule has 0 fully saturated rings. The molecular weight excluding hydrogens is 278 g/mol. The zero-order valence-corrected chi connectivity index (χ0v) is 10.9. The van der Waals surface area contributed by atoms with Crippen LogP contribution in [-0.4, -0.2) is 19.5 Å². The highest BCUT2D eigenvalue weighted by Crippen LogP contribution is 2.23. The predicted molar refractivity (Wildman–Crippen MR) is 74.7 cm³/mol. The minimum atomic E-state index is 0.0229. The first kappa shape index (κ1) is 12.4. The molecule has 0 bridgehead atoms. The van der Waals surface area contributed by atoms with Gasteiger partial charge in [0, 0.05) is 4.91 Å². The van der Waals surface area contributed by atoms with Crippen LogP contribution in [-0.2, 0) is 6.54 Å². The molecule has 0 aliphatic carbocycles. The minimum absolute atomic E-state index is 0.0229. The Bertz CT molecular complexity index is 805. The van der Waals surface area contributed by atoms with Crippen LogP contribution in [0.15, 0.2) is 41.8 Å². The summed E-state index contributed by atoms with van der Waals surface area (Å²) in [5.74, 6) is 0.134. The van der Waals surface area contributed by atoms with E-state index in [2.05, 4.69) is 25.0 Å². The Kier molecular flexibility index (Phi) is 3.20. The summed E-state index contributed by atoms with van der Waals surface area (Å²) in [5, 5.41) is 3.51. The Hall–Kier alpha value is -2.63. The van der Waals surface area contributed by atoms with Crippen LogP contribution in [0.4, 0.5) is 5.82 Å². The SMILES string of the molecule is [N-]=[N+]=Nc1nc(Cl)nc2c1ncn2Cc1ccccc1. The van der Waals surface area contributed by atoms with Gasteiger partial charge in [0.2, 0.25) is 5.28 Å². The Labute approximate surface area is 118 Å². The number of halogens is 1. The van der Waals surface area contributed by atoms with Gasteiger partial charge in [-0.2, -0.15) is 4.98 Å². The van der Waals surface area contributed by atoms with Crippen LogP contribution in [0.25, 0.3) is 21.6 Å². The van der Waals surface area contributed by atoms with Crippen LogP contribution >= 0.6 is 11.6 Å². The first-order valence-corrected chi connectivity index (χ1v) is 6.13. The zero-order valence-electron chi connectivity index (χ0n) is 10.2. The van der Waals surface area contributed by atoms with Gasteiger partial charge in [0.15, 0.2) is 11.5 Å². The second-order valence-corrected chi connectivity index (χ2v) is 4.37. The minimum Gasteiger partial charge on any atom is -0.311 e. The van der Waals surface area contributed by atoms with Crippen molar-refractivity contribution in [3.05, 3.63) is 57.9 Å². The fourth-order valence-electron chi connectivity index (χ4n) is 1.91. The van der Waals surface area contributed by atoms with Crippen molar-refractivity contribution in [2.75, 3.05) is 0 Å². The molecule has 0 N–H and O–H groups in total. The van der Waals surface area contributed by atoms with Gasteiger partial charge in [0.25, 0.3) is 0 Å². The highest BCUT2D eigenvalue weighted by atomic mass is 35.5. The van der Waals surface area contributed by atoms with E-state index >= 15 is 0 Å². The van der Waals surface area contributed by atoms with E-state index in [0.29, 0.717) is 17.7 Å². The predicted octanol–water partition coefficient (Wildman–Crippen LogP) is 3.47. The molecule has 0 spiro atoms. The average molecular weight is 286 g/mol. The molecule has 1 aromatic carbocycles. The van der Waals surface area contributed by atoms with E-state index in [1.807, 2.05) is 34.9 Å². The lowest BCUT2D eigenvalue weighted by atomic mass is 10.2. The topological polar surface area (TPSA) is 92.4 Å². The molecule has 2 aromatic heterocycles. The lowest BCUT2D eigenvalue weighted by molar-refractivity contribution is 0.813. The van der Waals surface area contributed by atoms with E-state index in [1.165, 1.54) is 0 Å². The molecule has 3 rings (SSSR count). The molecule has 2 heterocycles. The smallest absolute Gasteiger partial charge is 0.224 e. The molecule has 0 aliphatic rings. The summed E-state index contributed by atoms with van der Waals surface area (Å²) in [6, 6.07) is 9.88. The quantitative estimate of drug-likeness (QED) is 0.319. The van der Waals surface area contributed by atoms with Crippen molar-refractivity contribution < 1.29 is 0 Å². The van der Waals surface area contributed by atoms with Gasteiger partial charge < -0.3 is 4.57 Å². The maximum atomic E-state index is 8.53. The number of aromatic nitrogens is 4. The van der Waals surface area contributed by atoms with Crippen molar-refractivity contribution in [1.29, 1.82) is 0 Å². The summed E-state index contributed by atoms with van der Waals surface area (Å²) in [4.78, 5) is 14.9. The van der Waals surface area contributed by atoms with Gasteiger partial charge in [-0.25, -0.2) is 9.97 Å². The number of fused-ring (bicyclic) bond motifs is 1. The Morgan fingerprint density at radius 3 is 2.80 bits per heavy atom. The third kappa shape index (κ3) is 2.27. The largest absolute Gasteiger partial charge is 0.311 e. The van der Waals surface area contributed by atoms with Gasteiger partial charge in [-0.3, -0.25) is 0 Å². The standard InChI is InChI=1S/C12H8ClN7/c13-12-16-10(18-19-14)9-11(17-12)20(7-15-9)6-8-4-2-1-3-5-8/h1-5,7H,6H2. The number of rotatable bonds is 3. The first-order chi connectivity index (χ1) is 9.78. The maximum Gasteiger partial charge on any atom is 0.224 e. The van der Waals surface area contributed by atoms with Crippen molar-refractivity contribution in [2.45, 2.75) is 6.54 Å². The first-order valence-electron chi connectivity index (χ1n) is 5.75. The van der Waals surface area contributed by atoms with Crippen LogP contribution in [0, 0.1) is 0 Å². The normalized spacial score (nSPS) is 10.4. The fourth-order valence-corrected chi connectivity index (χ4v) is 2.07. The number of hydrogen-bond acceptors (Lipinski definition) is 4. The lowest BCUT2D eigenvalue weighted by Crippen LogP contribution is -1.99. The molecule has 3 aromatic rings. The zero-order chi connectivity index (χ0) is 13.9. The van der Waals surface area contributed by atoms with Gasteiger partial charge in [-0.15, -0.1) is 0 Å². The monoisotopic (exact) mass is 285 g/mol. The second-order valence-electron chi connectivity index (χ2n) is 4.04. The fraction of sp³-hybridized carbons (Fsp3) is 0.0833. The highest BCUT2D eigenvalue weighted by Gasteiger charge is 2.11. The highest BCUT2D eigenvalue weighted by molar-refractivity contribution is 6.28. The molecule has 0 atom stereocenters. The number of nitrogens with zero attached hydrogens (tertiary/aromatic N) is 7. The molecule has 0 amide bonds. The van der Waals surface area contributed by atoms with E-state index in [0.717, 1.165) is 5.56 Å². The van der Waals surface area contributed by atoms with Crippen molar-refractivity contribution in [1.82, 2.24) is 19.5 Å². The van der Waals surface area contributed by atoms with Crippen molar-refractivity contribution in [3.8, 4) is 0 Å². The number of imidazole rings is 1. The lowest BCUT2D eigenvalue weighted by Gasteiger charge is -2.04. The van der Waals surface area contributed by atoms with Gasteiger partial charge in [-0.1, -0.05) is 30.3 Å². The molecule has 0 saturated carbocycles. The van der Waals surface area contributed by atoms with Gasteiger partial charge in [0.1, 0.15) is 5.52 Å². The van der Waals surface area contributed by atoms with Crippen molar-refractivity contribution in [2.24, 2.45) is 5.11 Å². The molecule has 8 heteroatoms. The Balaban J connectivity index is 2.11. The molecule has 7 nitrogen and oxygen atoms in total. The van der Waals surface area contributed by atoms with Crippen molar-refractivity contribution >= 4 is 28.6 Å². The molecule has 20 heavy (non-hydrogen) atoms. The van der Waals surface area contributed by atoms with Crippen LogP contribution in [0.2, 0.25) is 5.28 Å². The van der Waals surface area contributed by atoms with Crippen LogP contribution < -0.4 is 0 Å². The molecule has 0 saturated heterocycles. The van der Waals surface area contributed by atoms with E-state index in [-0.39, 0.29) is 11.1 Å². The molecule has 98 valence electrons. The number of benzene rings is 1. The second kappa shape index (κ2) is 5.16. The van der Waals surface area contributed by atoms with E-state index in [9.17, 15) is 0 Å². The van der Waals surface area contributed by atoms with Crippen LogP contribution in [0.3, 0.4) is 0 Å². The molecule has 0 radical (unpaired) electrons. The van der Waals surface area contributed by atoms with Crippen LogP contribution in [0.5, 0.6) is 0 Å². The summed E-state index contributed by atoms with van der Waals surface area (Å²) >= 11 is 5.84. The third-order valence-corrected chi connectivity index (χ3v) is 2.92. The van der Waals surface area contributed by atoms with E-state index in [4.69, 9.17) is 17.1 Å². The molecule has 0 unspecified atom stereocenters. The maximum absolute atomic E-state index is 8.53. The summed E-state index contributed by atoms with van der Waals surface area (Å²) in [6.07, 6.45) is 1.62. The summed E-state index contributed by atoms with van der Waals surface area (Å²) in [7, 11) is 0. The van der Waals surface area contributed by atoms with E-state index in [1.54, 1.807) is 6.33 Å². The average Bonchev–Trinajstić information content (AvgIpc) is 2.83. The third-order valence-electron chi connectivity index (χ3n) is 2.75. The summed E-state index contributed by atoms with van der Waals surface area (Å²) in [6.45, 7) is 0.598. The number of azide groups is 1. The van der Waals surface area contributed by atoms with Gasteiger partial charge in [0.05, 0.1) is 12.9 Å².